The number of aliphatic hydroxyl groups excluding tert-OH is 1. The topological polar surface area (TPSA) is 89.8 Å². The highest BCUT2D eigenvalue weighted by Crippen LogP contribution is 2.41. The number of fused-ring (bicyclic) bond motifs is 1. The Bertz CT molecular complexity index is 875. The van der Waals surface area contributed by atoms with Gasteiger partial charge in [-0.3, -0.25) is 9.59 Å². The molecule has 2 N–H and O–H groups in total. The number of pyridine rings is 1. The summed E-state index contributed by atoms with van der Waals surface area (Å²) in [7, 11) is 0. The molecule has 0 bridgehead atoms. The van der Waals surface area contributed by atoms with Crippen LogP contribution in [0.4, 0.5) is 0 Å². The van der Waals surface area contributed by atoms with Gasteiger partial charge in [0.25, 0.3) is 11.5 Å². The molecule has 144 valence electrons. The van der Waals surface area contributed by atoms with Crippen LogP contribution in [0, 0.1) is 0 Å². The quantitative estimate of drug-likeness (QED) is 0.760. The third kappa shape index (κ3) is 4.89. The average molecular weight is 372 g/mol. The van der Waals surface area contributed by atoms with Gasteiger partial charge in [0.1, 0.15) is 5.60 Å². The van der Waals surface area contributed by atoms with E-state index in [0.717, 1.165) is 12.0 Å². The fourth-order valence-corrected chi connectivity index (χ4v) is 3.03. The number of rotatable bonds is 7. The first-order valence-electron chi connectivity index (χ1n) is 8.88. The van der Waals surface area contributed by atoms with Crippen LogP contribution in [0.2, 0.25) is 0 Å². The van der Waals surface area contributed by atoms with E-state index in [0.29, 0.717) is 11.5 Å². The van der Waals surface area contributed by atoms with Crippen LogP contribution >= 0.6 is 0 Å². The maximum atomic E-state index is 12.0. The molecule has 7 nitrogen and oxygen atoms in total. The molecular weight excluding hydrogens is 348 g/mol. The van der Waals surface area contributed by atoms with Crippen molar-refractivity contribution in [2.45, 2.75) is 38.5 Å². The molecule has 1 aromatic carbocycles. The van der Waals surface area contributed by atoms with Crippen LogP contribution in [0.25, 0.3) is 0 Å². The highest BCUT2D eigenvalue weighted by atomic mass is 16.5. The number of amides is 1. The number of hydrogen-bond donors (Lipinski definition) is 2. The van der Waals surface area contributed by atoms with Crippen LogP contribution in [0.3, 0.4) is 0 Å². The summed E-state index contributed by atoms with van der Waals surface area (Å²) in [5, 5.41) is 12.6. The van der Waals surface area contributed by atoms with Gasteiger partial charge in [-0.15, -0.1) is 0 Å². The Kier molecular flexibility index (Phi) is 5.51. The van der Waals surface area contributed by atoms with Gasteiger partial charge in [-0.05, 0) is 26.0 Å². The number of aromatic nitrogens is 1. The van der Waals surface area contributed by atoms with E-state index >= 15 is 0 Å². The molecule has 1 aliphatic rings. The minimum Gasteiger partial charge on any atom is -0.483 e. The number of para-hydroxylation sites is 1. The van der Waals surface area contributed by atoms with E-state index in [2.05, 4.69) is 5.32 Å². The third-order valence-corrected chi connectivity index (χ3v) is 4.26. The number of nitrogens with one attached hydrogen (secondary N) is 1. The van der Waals surface area contributed by atoms with Crippen LogP contribution in [-0.2, 0) is 17.8 Å². The average Bonchev–Trinajstić information content (AvgIpc) is 2.94. The molecule has 27 heavy (non-hydrogen) atoms. The van der Waals surface area contributed by atoms with Gasteiger partial charge >= 0.3 is 0 Å². The maximum absolute atomic E-state index is 12.0. The number of nitrogens with zero attached hydrogens (tertiary/aromatic N) is 1. The molecule has 2 heterocycles. The molecule has 3 rings (SSSR count). The Morgan fingerprint density at radius 1 is 1.33 bits per heavy atom. The molecule has 1 aromatic heterocycles. The number of aliphatic hydroxyl groups is 1. The lowest BCUT2D eigenvalue weighted by Gasteiger charge is -2.18. The van der Waals surface area contributed by atoms with Gasteiger partial charge in [0.2, 0.25) is 0 Å². The fourth-order valence-electron chi connectivity index (χ4n) is 3.03. The second-order valence-electron chi connectivity index (χ2n) is 7.22. The molecule has 2 aromatic rings. The maximum Gasteiger partial charge on any atom is 0.258 e. The second kappa shape index (κ2) is 7.84. The summed E-state index contributed by atoms with van der Waals surface area (Å²) in [5.74, 6) is 0.854. The Labute approximate surface area is 157 Å². The van der Waals surface area contributed by atoms with Crippen molar-refractivity contribution >= 4 is 5.91 Å². The molecule has 0 aliphatic carbocycles. The first-order valence-corrected chi connectivity index (χ1v) is 8.88. The molecule has 0 fully saturated rings. The van der Waals surface area contributed by atoms with E-state index in [4.69, 9.17) is 9.47 Å². The highest BCUT2D eigenvalue weighted by Gasteiger charge is 2.32. The lowest BCUT2D eigenvalue weighted by Crippen LogP contribution is -2.38. The lowest BCUT2D eigenvalue weighted by molar-refractivity contribution is -0.123. The Morgan fingerprint density at radius 2 is 2.15 bits per heavy atom. The van der Waals surface area contributed by atoms with Crippen LogP contribution < -0.4 is 20.3 Å². The number of carbonyl (C=O) groups excluding carboxylic acids is 1. The van der Waals surface area contributed by atoms with Crippen molar-refractivity contribution < 1.29 is 19.4 Å². The predicted octanol–water partition coefficient (Wildman–Crippen LogP) is 1.12. The molecule has 0 radical (unpaired) electrons. The Morgan fingerprint density at radius 3 is 2.93 bits per heavy atom. The zero-order chi connectivity index (χ0) is 19.4. The van der Waals surface area contributed by atoms with E-state index < -0.39 is 6.10 Å². The Hall–Kier alpha value is -2.80. The molecule has 0 spiro atoms. The summed E-state index contributed by atoms with van der Waals surface area (Å²) in [4.78, 5) is 23.6. The van der Waals surface area contributed by atoms with Gasteiger partial charge in [-0.25, -0.2) is 0 Å². The smallest absolute Gasteiger partial charge is 0.258 e. The van der Waals surface area contributed by atoms with Crippen molar-refractivity contribution in [1.29, 1.82) is 0 Å². The first kappa shape index (κ1) is 19.0. The normalized spacial score (nSPS) is 15.5. The highest BCUT2D eigenvalue weighted by molar-refractivity contribution is 5.77. The molecule has 0 unspecified atom stereocenters. The van der Waals surface area contributed by atoms with Gasteiger partial charge in [0, 0.05) is 30.8 Å². The minimum absolute atomic E-state index is 0.0277. The number of ether oxygens (including phenoxy) is 2. The van der Waals surface area contributed by atoms with E-state index in [1.807, 2.05) is 26.0 Å². The number of benzene rings is 1. The van der Waals surface area contributed by atoms with Crippen molar-refractivity contribution in [2.24, 2.45) is 0 Å². The van der Waals surface area contributed by atoms with E-state index in [1.165, 1.54) is 10.6 Å². The van der Waals surface area contributed by atoms with Gasteiger partial charge in [-0.1, -0.05) is 18.2 Å². The summed E-state index contributed by atoms with van der Waals surface area (Å²) < 4.78 is 12.9. The third-order valence-electron chi connectivity index (χ3n) is 4.26. The van der Waals surface area contributed by atoms with Gasteiger partial charge in [-0.2, -0.15) is 0 Å². The summed E-state index contributed by atoms with van der Waals surface area (Å²) in [6.45, 7) is 3.96. The number of hydrogen-bond acceptors (Lipinski definition) is 5. The van der Waals surface area contributed by atoms with Crippen molar-refractivity contribution in [2.75, 3.05) is 13.2 Å². The zero-order valence-corrected chi connectivity index (χ0v) is 15.5. The molecule has 1 amide bonds. The zero-order valence-electron chi connectivity index (χ0n) is 15.5. The van der Waals surface area contributed by atoms with Gasteiger partial charge in [0.05, 0.1) is 12.6 Å². The fraction of sp³-hybridized carbons (Fsp3) is 0.400. The van der Waals surface area contributed by atoms with Gasteiger partial charge < -0.3 is 24.5 Å². The molecule has 7 heteroatoms. The van der Waals surface area contributed by atoms with Crippen LogP contribution in [0.5, 0.6) is 11.5 Å². The van der Waals surface area contributed by atoms with Crippen molar-refractivity contribution in [3.05, 3.63) is 58.5 Å². The number of carbonyl (C=O) groups is 1. The predicted molar refractivity (Wildman–Crippen MR) is 100 cm³/mol. The first-order chi connectivity index (χ1) is 12.8. The monoisotopic (exact) mass is 372 g/mol. The molecular formula is C20H24N2O5. The van der Waals surface area contributed by atoms with Crippen molar-refractivity contribution in [3.63, 3.8) is 0 Å². The van der Waals surface area contributed by atoms with Crippen LogP contribution in [-0.4, -0.2) is 40.4 Å². The van der Waals surface area contributed by atoms with E-state index in [9.17, 15) is 14.7 Å². The molecule has 1 aliphatic heterocycles. The van der Waals surface area contributed by atoms with Crippen molar-refractivity contribution in [3.8, 4) is 11.5 Å². The van der Waals surface area contributed by atoms with E-state index in [1.54, 1.807) is 24.4 Å². The second-order valence-corrected chi connectivity index (χ2v) is 7.22. The summed E-state index contributed by atoms with van der Waals surface area (Å²) in [6.07, 6.45) is 1.50. The van der Waals surface area contributed by atoms with Crippen molar-refractivity contribution in [1.82, 2.24) is 9.88 Å². The van der Waals surface area contributed by atoms with E-state index in [-0.39, 0.29) is 36.8 Å². The van der Waals surface area contributed by atoms with Crippen LogP contribution in [0.1, 0.15) is 19.4 Å². The molecule has 0 saturated carbocycles. The van der Waals surface area contributed by atoms with Gasteiger partial charge in [0.15, 0.2) is 18.1 Å². The Balaban J connectivity index is 1.48. The standard InChI is InChI=1S/C20H24N2O5/c1-20(2)10-14-6-5-7-16(19(14)27-20)26-13-17(24)21-11-15(23)12-22-9-4-3-8-18(22)25/h3-9,15,23H,10-13H2,1-2H3,(H,21,24)/t15-/m0/s1. The molecule has 1 atom stereocenters. The molecule has 0 saturated heterocycles. The SMILES string of the molecule is CC1(C)Cc2cccc(OCC(=O)NC[C@H](O)Cn3ccccc3=O)c2O1. The largest absolute Gasteiger partial charge is 0.483 e. The minimum atomic E-state index is -0.876. The summed E-state index contributed by atoms with van der Waals surface area (Å²) in [5.41, 5.74) is 0.567. The van der Waals surface area contributed by atoms with Crippen LogP contribution in [0.15, 0.2) is 47.4 Å². The summed E-state index contributed by atoms with van der Waals surface area (Å²) in [6, 6.07) is 10.4. The lowest BCUT2D eigenvalue weighted by atomic mass is 10.0. The summed E-state index contributed by atoms with van der Waals surface area (Å²) >= 11 is 0.